The van der Waals surface area contributed by atoms with Gasteiger partial charge >= 0.3 is 0 Å². The zero-order valence-electron chi connectivity index (χ0n) is 78.2. The van der Waals surface area contributed by atoms with Crippen LogP contribution in [0.1, 0.15) is 200 Å². The Morgan fingerprint density at radius 2 is 0.447 bits per heavy atom. The van der Waals surface area contributed by atoms with E-state index in [2.05, 4.69) is 108 Å². The number of nitrogens with zero attached hydrogens (tertiary/aromatic N) is 20. The number of nitrogens with two attached hydrogens (primary N) is 4. The summed E-state index contributed by atoms with van der Waals surface area (Å²) in [6.07, 6.45) is 28.3. The molecule has 32 nitrogen and oxygen atoms in total. The number of hydrogen-bond acceptors (Lipinski definition) is 28. The second-order valence-corrected chi connectivity index (χ2v) is 35.9. The average Bonchev–Trinajstić information content (AvgIpc) is 0.822. The molecule has 0 saturated carbocycles. The van der Waals surface area contributed by atoms with Crippen molar-refractivity contribution in [3.05, 3.63) is 216 Å². The molecule has 8 aliphatic heterocycles. The highest BCUT2D eigenvalue weighted by Gasteiger charge is 2.40. The molecule has 16 rings (SSSR count). The zero-order valence-corrected chi connectivity index (χ0v) is 78.2. The first-order valence-corrected chi connectivity index (χ1v) is 47.3. The number of pyridine rings is 8. The van der Waals surface area contributed by atoms with Crippen molar-refractivity contribution < 1.29 is 38.5 Å². The van der Waals surface area contributed by atoms with Crippen LogP contribution in [0.5, 0.6) is 0 Å². The van der Waals surface area contributed by atoms with Crippen LogP contribution in [-0.2, 0) is 38.5 Å². The molecule has 0 aromatic carbocycles. The summed E-state index contributed by atoms with van der Waals surface area (Å²) in [6, 6.07) is 40.2. The van der Waals surface area contributed by atoms with Crippen molar-refractivity contribution in [2.45, 2.75) is 155 Å². The van der Waals surface area contributed by atoms with Gasteiger partial charge in [0.05, 0.1) is 22.8 Å². The zero-order chi connectivity index (χ0) is 92.8. The molecule has 0 unspecified atom stereocenters. The predicted molar refractivity (Wildman–Crippen MR) is 514 cm³/mol. The molecule has 8 saturated heterocycles. The number of oxime groups is 4. The molecule has 16 heterocycles. The summed E-state index contributed by atoms with van der Waals surface area (Å²) in [5.74, 6) is 4.84. The van der Waals surface area contributed by atoms with Gasteiger partial charge in [0.2, 0.25) is 23.6 Å². The molecule has 32 heteroatoms. The highest BCUT2D eigenvalue weighted by molar-refractivity contribution is 6.02. The van der Waals surface area contributed by atoms with Crippen molar-refractivity contribution in [1.82, 2.24) is 79.1 Å². The van der Waals surface area contributed by atoms with E-state index in [-0.39, 0.29) is 71.5 Å². The smallest absolute Gasteiger partial charge is 0.225 e. The first-order chi connectivity index (χ1) is 64.3. The average molecular weight is 1800 g/mol. The molecule has 0 aliphatic carbocycles. The summed E-state index contributed by atoms with van der Waals surface area (Å²) < 4.78 is 0. The molecule has 8 fully saturated rings. The highest BCUT2D eigenvalue weighted by atomic mass is 16.6. The van der Waals surface area contributed by atoms with Crippen molar-refractivity contribution in [3.63, 3.8) is 0 Å². The summed E-state index contributed by atoms with van der Waals surface area (Å²) in [5, 5.41) is 17.1. The van der Waals surface area contributed by atoms with Gasteiger partial charge in [0.15, 0.2) is 0 Å². The summed E-state index contributed by atoms with van der Waals surface area (Å²) in [6.45, 7) is 22.2. The lowest BCUT2D eigenvalue weighted by atomic mass is 9.88. The number of rotatable bonds is 24. The number of hydrogen-bond donors (Lipinski definition) is 4. The topological polar surface area (TPSA) is 388 Å². The fourth-order valence-electron chi connectivity index (χ4n) is 20.2. The van der Waals surface area contributed by atoms with E-state index >= 15 is 0 Å². The highest BCUT2D eigenvalue weighted by Crippen LogP contribution is 2.37. The molecule has 0 spiro atoms. The van der Waals surface area contributed by atoms with E-state index in [1.165, 1.54) is 22.3 Å². The van der Waals surface area contributed by atoms with Crippen LogP contribution in [0, 0.1) is 47.3 Å². The van der Waals surface area contributed by atoms with Gasteiger partial charge in [-0.25, -0.2) is 19.9 Å². The van der Waals surface area contributed by atoms with Gasteiger partial charge in [-0.15, -0.1) is 0 Å². The van der Waals surface area contributed by atoms with Gasteiger partial charge in [0, 0.05) is 173 Å². The Morgan fingerprint density at radius 1 is 0.265 bits per heavy atom. The molecule has 8 aliphatic rings. The molecular weight excluding hydrogens is 1670 g/mol. The van der Waals surface area contributed by atoms with E-state index in [9.17, 15) is 19.2 Å². The summed E-state index contributed by atoms with van der Waals surface area (Å²) >= 11 is 0. The number of piperidine rings is 8. The molecule has 8 N–H and O–H groups in total. The lowest BCUT2D eigenvalue weighted by Crippen LogP contribution is -2.46. The number of anilines is 4. The fourth-order valence-corrected chi connectivity index (χ4v) is 20.2. The van der Waals surface area contributed by atoms with E-state index in [4.69, 9.17) is 42.3 Å². The van der Waals surface area contributed by atoms with Gasteiger partial charge in [-0.1, -0.05) is 44.9 Å². The Kier molecular flexibility index (Phi) is 36.2. The number of likely N-dealkylation sites (tertiary alicyclic amines) is 8. The molecule has 4 atom stereocenters. The first-order valence-electron chi connectivity index (χ1n) is 47.3. The second kappa shape index (κ2) is 48.9. The van der Waals surface area contributed by atoms with Crippen LogP contribution in [0.3, 0.4) is 0 Å². The van der Waals surface area contributed by atoms with Crippen LogP contribution in [0.4, 0.5) is 23.3 Å². The van der Waals surface area contributed by atoms with E-state index < -0.39 is 0 Å². The Labute approximate surface area is 777 Å². The third kappa shape index (κ3) is 26.3. The van der Waals surface area contributed by atoms with E-state index in [1.807, 2.05) is 141 Å². The molecule has 8 aromatic heterocycles. The molecule has 704 valence electrons. The maximum atomic E-state index is 13.2. The third-order valence-corrected chi connectivity index (χ3v) is 28.1. The van der Waals surface area contributed by atoms with Crippen LogP contribution >= 0.6 is 0 Å². The largest absolute Gasteiger partial charge is 0.399 e. The number of carbonyl (C=O) groups is 4. The van der Waals surface area contributed by atoms with Crippen LogP contribution < -0.4 is 22.9 Å². The molecular formula is C100H136N24O8. The molecule has 0 radical (unpaired) electrons. The molecule has 8 aromatic rings. The Hall–Kier alpha value is -12.0. The van der Waals surface area contributed by atoms with Gasteiger partial charge in [0.1, 0.15) is 74.6 Å². The van der Waals surface area contributed by atoms with Crippen LogP contribution in [0.15, 0.2) is 192 Å². The third-order valence-electron chi connectivity index (χ3n) is 28.1. The van der Waals surface area contributed by atoms with Gasteiger partial charge in [-0.05, 0) is 302 Å². The number of amides is 4. The Bertz CT molecular complexity index is 4430. The lowest BCUT2D eigenvalue weighted by molar-refractivity contribution is -0.139. The maximum absolute atomic E-state index is 13.2. The van der Waals surface area contributed by atoms with Crippen molar-refractivity contribution in [3.8, 4) is 0 Å². The van der Waals surface area contributed by atoms with Crippen molar-refractivity contribution in [2.24, 2.45) is 68.0 Å². The van der Waals surface area contributed by atoms with Gasteiger partial charge in [-0.3, -0.25) is 58.7 Å². The standard InChI is InChI=1S/4C25H34N6O2/c4*1-18(21-6-12-28-23(26)17-21)30-13-9-20(10-14-30)25(32)31-15-7-19(8-16-31)24(29-33-2)22-5-3-4-11-27-22/h4*3-6,11-12,17-20H,7-10,13-16H2,1-2H3,(H2,26,28)/b2*29-24+;2*29-24-/t4*18-/m1010/s1. The summed E-state index contributed by atoms with van der Waals surface area (Å²) in [5.41, 5.74) is 35.0. The first kappa shape index (κ1) is 97.5. The Balaban J connectivity index is 0.000000150. The van der Waals surface area contributed by atoms with Gasteiger partial charge in [-0.2, -0.15) is 0 Å². The van der Waals surface area contributed by atoms with Gasteiger partial charge in [0.25, 0.3) is 0 Å². The van der Waals surface area contributed by atoms with Crippen LogP contribution in [0.2, 0.25) is 0 Å². The lowest BCUT2D eigenvalue weighted by Gasteiger charge is -2.39. The number of aromatic nitrogens is 8. The minimum Gasteiger partial charge on any atom is -0.399 e. The maximum Gasteiger partial charge on any atom is 0.225 e. The minimum atomic E-state index is 0.107. The minimum absolute atomic E-state index is 0.107. The second-order valence-electron chi connectivity index (χ2n) is 35.9. The quantitative estimate of drug-likeness (QED) is 0.0322. The van der Waals surface area contributed by atoms with Gasteiger partial charge < -0.3 is 61.9 Å². The van der Waals surface area contributed by atoms with Crippen molar-refractivity contribution >= 4 is 69.7 Å². The summed E-state index contributed by atoms with van der Waals surface area (Å²) in [7, 11) is 6.27. The summed E-state index contributed by atoms with van der Waals surface area (Å²) in [4.78, 5) is 125. The predicted octanol–water partition coefficient (Wildman–Crippen LogP) is 12.5. The van der Waals surface area contributed by atoms with E-state index in [0.29, 0.717) is 46.9 Å². The number of nitrogen functional groups attached to an aromatic ring is 4. The van der Waals surface area contributed by atoms with Crippen molar-refractivity contribution in [1.29, 1.82) is 0 Å². The Morgan fingerprint density at radius 3 is 0.606 bits per heavy atom. The number of carbonyl (C=O) groups excluding carboxylic acids is 4. The van der Waals surface area contributed by atoms with Crippen LogP contribution in [-0.4, -0.2) is 259 Å². The molecule has 132 heavy (non-hydrogen) atoms. The van der Waals surface area contributed by atoms with Crippen LogP contribution in [0.25, 0.3) is 0 Å². The van der Waals surface area contributed by atoms with E-state index in [0.717, 1.165) is 253 Å². The molecule has 0 bridgehead atoms. The molecule has 4 amide bonds. The fraction of sp³-hybridized carbons (Fsp3) is 0.520. The van der Waals surface area contributed by atoms with Crippen molar-refractivity contribution in [2.75, 3.05) is 156 Å². The normalized spacial score (nSPS) is 19.9. The SMILES string of the molecule is CO/N=C(/c1ccccn1)C1CCN(C(=O)C2CCN([C@@H](C)c3ccnc(N)c3)CC2)CC1.CO/N=C(/c1ccccn1)C1CCN(C(=O)C2CCN([C@H](C)c3ccnc(N)c3)CC2)CC1.CO/N=C(\c1ccccn1)C1CCN(C(=O)C2CCN([C@@H](C)c3ccnc(N)c3)CC2)CC1.CO/N=C(\c1ccccn1)C1CCN(C(=O)C2CCN([C@H](C)c3ccnc(N)c3)CC2)CC1. The van der Waals surface area contributed by atoms with E-state index in [1.54, 1.807) is 78.0 Å². The monoisotopic (exact) mass is 1800 g/mol.